The zero-order chi connectivity index (χ0) is 21.3. The summed E-state index contributed by atoms with van der Waals surface area (Å²) >= 11 is 0. The van der Waals surface area contributed by atoms with Gasteiger partial charge in [0.1, 0.15) is 5.82 Å². The Kier molecular flexibility index (Phi) is 5.69. The average Bonchev–Trinajstić information content (AvgIpc) is 3.54. The maximum atomic E-state index is 14.5. The lowest BCUT2D eigenvalue weighted by molar-refractivity contribution is -0.125. The number of likely N-dealkylation sites (tertiary alicyclic amines) is 1. The van der Waals surface area contributed by atoms with Gasteiger partial charge in [0, 0.05) is 38.0 Å². The third-order valence-corrected chi connectivity index (χ3v) is 6.09. The van der Waals surface area contributed by atoms with Crippen molar-refractivity contribution in [3.63, 3.8) is 0 Å². The number of nitrogens with zero attached hydrogens (tertiary/aromatic N) is 2. The minimum atomic E-state index is -2.90. The van der Waals surface area contributed by atoms with Crippen LogP contribution in [0.5, 0.6) is 0 Å². The number of hydrogen-bond acceptors (Lipinski definition) is 4. The van der Waals surface area contributed by atoms with Gasteiger partial charge in [0.25, 0.3) is 5.92 Å². The number of alkyl halides is 2. The predicted octanol–water partition coefficient (Wildman–Crippen LogP) is 3.17. The standard InChI is InChI=1S/C22H26F2N4O2/c1-14(21(30)27-19-6-4-16(11-25-19)10-15-2-3-15)28-9-8-22(23,24)18(13-28)17-5-7-20(29)26-12-17/h4-7,11-12,14-15,18H,2-3,8-10,13H2,1H3,(H,26,29)(H,25,27,30)/t14?,18-/m1/s1. The first-order valence-electron chi connectivity index (χ1n) is 10.4. The van der Waals surface area contributed by atoms with Crippen LogP contribution in [0.2, 0.25) is 0 Å². The van der Waals surface area contributed by atoms with Gasteiger partial charge in [-0.1, -0.05) is 12.1 Å². The smallest absolute Gasteiger partial charge is 0.257 e. The van der Waals surface area contributed by atoms with Crippen LogP contribution in [0.25, 0.3) is 0 Å². The number of anilines is 1. The minimum Gasteiger partial charge on any atom is -0.329 e. The first-order chi connectivity index (χ1) is 14.3. The highest BCUT2D eigenvalue weighted by molar-refractivity contribution is 5.93. The second-order valence-electron chi connectivity index (χ2n) is 8.41. The fraction of sp³-hybridized carbons (Fsp3) is 0.500. The van der Waals surface area contributed by atoms with E-state index in [0.717, 1.165) is 17.9 Å². The molecule has 1 saturated carbocycles. The van der Waals surface area contributed by atoms with Crippen LogP contribution in [-0.2, 0) is 11.2 Å². The Bertz CT molecular complexity index is 936. The van der Waals surface area contributed by atoms with E-state index in [2.05, 4.69) is 15.3 Å². The van der Waals surface area contributed by atoms with Gasteiger partial charge in [-0.05, 0) is 49.3 Å². The van der Waals surface area contributed by atoms with E-state index >= 15 is 0 Å². The normalized spacial score (nSPS) is 22.4. The lowest BCUT2D eigenvalue weighted by Crippen LogP contribution is -2.52. The molecule has 160 valence electrons. The number of carbonyl (C=O) groups is 1. The molecule has 4 rings (SSSR count). The van der Waals surface area contributed by atoms with Crippen molar-refractivity contribution in [2.24, 2.45) is 5.92 Å². The molecule has 1 aliphatic carbocycles. The summed E-state index contributed by atoms with van der Waals surface area (Å²) in [5, 5.41) is 2.79. The Morgan fingerprint density at radius 3 is 2.77 bits per heavy atom. The van der Waals surface area contributed by atoms with E-state index in [0.29, 0.717) is 11.4 Å². The molecule has 0 spiro atoms. The Balaban J connectivity index is 1.40. The molecule has 1 amide bonds. The highest BCUT2D eigenvalue weighted by atomic mass is 19.3. The van der Waals surface area contributed by atoms with Crippen molar-refractivity contribution in [1.82, 2.24) is 14.9 Å². The number of aromatic nitrogens is 2. The number of amides is 1. The van der Waals surface area contributed by atoms with E-state index in [1.807, 2.05) is 6.07 Å². The van der Waals surface area contributed by atoms with Crippen LogP contribution in [-0.4, -0.2) is 45.8 Å². The van der Waals surface area contributed by atoms with Gasteiger partial charge < -0.3 is 10.3 Å². The summed E-state index contributed by atoms with van der Waals surface area (Å²) in [5.41, 5.74) is 1.19. The van der Waals surface area contributed by atoms with Crippen molar-refractivity contribution in [1.29, 1.82) is 0 Å². The second kappa shape index (κ2) is 8.26. The van der Waals surface area contributed by atoms with Gasteiger partial charge in [0.2, 0.25) is 11.5 Å². The fourth-order valence-corrected chi connectivity index (χ4v) is 3.94. The number of H-pyrrole nitrogens is 1. The highest BCUT2D eigenvalue weighted by Gasteiger charge is 2.46. The van der Waals surface area contributed by atoms with E-state index in [1.165, 1.54) is 31.2 Å². The molecule has 1 unspecified atom stereocenters. The molecule has 30 heavy (non-hydrogen) atoms. The molecule has 2 fully saturated rings. The molecule has 8 heteroatoms. The number of carbonyl (C=O) groups excluding carboxylic acids is 1. The van der Waals surface area contributed by atoms with Gasteiger partial charge in [0.15, 0.2) is 0 Å². The molecule has 2 aromatic rings. The molecule has 3 heterocycles. The van der Waals surface area contributed by atoms with Crippen molar-refractivity contribution in [2.75, 3.05) is 18.4 Å². The Labute approximate surface area is 173 Å². The van der Waals surface area contributed by atoms with Crippen molar-refractivity contribution >= 4 is 11.7 Å². The van der Waals surface area contributed by atoms with Crippen LogP contribution in [0.15, 0.2) is 41.5 Å². The van der Waals surface area contributed by atoms with Gasteiger partial charge in [-0.3, -0.25) is 14.5 Å². The number of hydrogen-bond donors (Lipinski definition) is 2. The Morgan fingerprint density at radius 2 is 2.13 bits per heavy atom. The summed E-state index contributed by atoms with van der Waals surface area (Å²) in [6.07, 6.45) is 6.33. The van der Waals surface area contributed by atoms with E-state index in [9.17, 15) is 18.4 Å². The van der Waals surface area contributed by atoms with Crippen molar-refractivity contribution < 1.29 is 13.6 Å². The molecular weight excluding hydrogens is 390 g/mol. The molecule has 2 aromatic heterocycles. The largest absolute Gasteiger partial charge is 0.329 e. The molecule has 1 aliphatic heterocycles. The molecule has 0 aromatic carbocycles. The number of pyridine rings is 2. The fourth-order valence-electron chi connectivity index (χ4n) is 3.94. The third-order valence-electron chi connectivity index (χ3n) is 6.09. The second-order valence-corrected chi connectivity index (χ2v) is 8.41. The summed E-state index contributed by atoms with van der Waals surface area (Å²) < 4.78 is 29.1. The molecule has 0 bridgehead atoms. The van der Waals surface area contributed by atoms with Crippen LogP contribution >= 0.6 is 0 Å². The molecular formula is C22H26F2N4O2. The molecule has 2 atom stereocenters. The van der Waals surface area contributed by atoms with Crippen LogP contribution in [0.1, 0.15) is 43.2 Å². The van der Waals surface area contributed by atoms with Crippen LogP contribution < -0.4 is 10.9 Å². The first kappa shape index (κ1) is 20.7. The third kappa shape index (κ3) is 4.75. The SMILES string of the molecule is CC(C(=O)Nc1ccc(CC2CC2)cn1)N1CCC(F)(F)[C@@H](c2ccc(=O)[nH]c2)C1. The van der Waals surface area contributed by atoms with Crippen molar-refractivity contribution in [3.05, 3.63) is 58.1 Å². The molecule has 2 N–H and O–H groups in total. The maximum Gasteiger partial charge on any atom is 0.257 e. The number of piperidine rings is 1. The van der Waals surface area contributed by atoms with E-state index in [-0.39, 0.29) is 31.0 Å². The van der Waals surface area contributed by atoms with Gasteiger partial charge in [-0.25, -0.2) is 13.8 Å². The summed E-state index contributed by atoms with van der Waals surface area (Å²) in [4.78, 5) is 32.5. The number of rotatable bonds is 6. The minimum absolute atomic E-state index is 0.0292. The van der Waals surface area contributed by atoms with Gasteiger partial charge in [-0.15, -0.1) is 0 Å². The number of nitrogens with one attached hydrogen (secondary N) is 2. The molecule has 0 radical (unpaired) electrons. The lowest BCUT2D eigenvalue weighted by atomic mass is 9.87. The van der Waals surface area contributed by atoms with Gasteiger partial charge >= 0.3 is 0 Å². The zero-order valence-corrected chi connectivity index (χ0v) is 16.9. The Hall–Kier alpha value is -2.61. The van der Waals surface area contributed by atoms with Crippen LogP contribution in [0, 0.1) is 5.92 Å². The molecule has 2 aliphatic rings. The summed E-state index contributed by atoms with van der Waals surface area (Å²) in [5.74, 6) is -3.03. The van der Waals surface area contributed by atoms with Crippen LogP contribution in [0.4, 0.5) is 14.6 Å². The van der Waals surface area contributed by atoms with Gasteiger partial charge in [-0.2, -0.15) is 0 Å². The molecule has 1 saturated heterocycles. The average molecular weight is 416 g/mol. The highest BCUT2D eigenvalue weighted by Crippen LogP contribution is 2.40. The summed E-state index contributed by atoms with van der Waals surface area (Å²) in [6.45, 7) is 1.86. The predicted molar refractivity (Wildman–Crippen MR) is 110 cm³/mol. The van der Waals surface area contributed by atoms with E-state index in [1.54, 1.807) is 24.1 Å². The van der Waals surface area contributed by atoms with Crippen molar-refractivity contribution in [3.8, 4) is 0 Å². The topological polar surface area (TPSA) is 78.1 Å². The van der Waals surface area contributed by atoms with Crippen molar-refractivity contribution in [2.45, 2.75) is 50.5 Å². The summed E-state index contributed by atoms with van der Waals surface area (Å²) in [7, 11) is 0. The lowest BCUT2D eigenvalue weighted by Gasteiger charge is -2.40. The van der Waals surface area contributed by atoms with E-state index in [4.69, 9.17) is 0 Å². The number of halogens is 2. The maximum absolute atomic E-state index is 14.5. The quantitative estimate of drug-likeness (QED) is 0.758. The van der Waals surface area contributed by atoms with Gasteiger partial charge in [0.05, 0.1) is 12.0 Å². The zero-order valence-electron chi connectivity index (χ0n) is 16.9. The number of aromatic amines is 1. The summed E-state index contributed by atoms with van der Waals surface area (Å²) in [6, 6.07) is 5.85. The monoisotopic (exact) mass is 416 g/mol. The first-order valence-corrected chi connectivity index (χ1v) is 10.4. The Morgan fingerprint density at radius 1 is 1.33 bits per heavy atom. The van der Waals surface area contributed by atoms with Crippen LogP contribution in [0.3, 0.4) is 0 Å². The molecule has 6 nitrogen and oxygen atoms in total. The van der Waals surface area contributed by atoms with E-state index < -0.39 is 17.9 Å².